The zero-order valence-corrected chi connectivity index (χ0v) is 13.5. The predicted molar refractivity (Wildman–Crippen MR) is 86.6 cm³/mol. The van der Waals surface area contributed by atoms with Crippen LogP contribution in [0.25, 0.3) is 0 Å². The van der Waals surface area contributed by atoms with Crippen molar-refractivity contribution in [2.45, 2.75) is 46.2 Å². The van der Waals surface area contributed by atoms with Crippen LogP contribution in [-0.2, 0) is 11.3 Å². The molecular weight excluding hydrogens is 282 g/mol. The molecule has 0 bridgehead atoms. The Hall–Kier alpha value is -1.95. The molecule has 0 spiro atoms. The van der Waals surface area contributed by atoms with Gasteiger partial charge in [0.15, 0.2) is 0 Å². The summed E-state index contributed by atoms with van der Waals surface area (Å²) in [5.74, 6) is -0.00627. The Morgan fingerprint density at radius 3 is 2.73 bits per heavy atom. The fourth-order valence-corrected chi connectivity index (χ4v) is 2.33. The lowest BCUT2D eigenvalue weighted by Gasteiger charge is -2.21. The molecule has 0 radical (unpaired) electrons. The zero-order valence-electron chi connectivity index (χ0n) is 13.5. The number of hydrogen-bond donors (Lipinski definition) is 1. The third-order valence-electron chi connectivity index (χ3n) is 3.47. The monoisotopic (exact) mass is 307 g/mol. The number of nitrogens with zero attached hydrogens (tertiary/aromatic N) is 2. The van der Waals surface area contributed by atoms with Crippen LogP contribution in [-0.4, -0.2) is 34.9 Å². The number of carbonyl (C=O) groups excluding carboxylic acids is 1. The third-order valence-corrected chi connectivity index (χ3v) is 3.47. The standard InChI is InChI=1S/C16H25N3O3/c1-4-7-13(3)17-16(20)12-18(5-2)11-14-8-6-9-15(10-14)19(21)22/h6,8-10,13H,4-5,7,11-12H2,1-3H3,(H,17,20)/t13-/m0/s1. The molecule has 0 saturated carbocycles. The maximum Gasteiger partial charge on any atom is 0.269 e. The Morgan fingerprint density at radius 1 is 1.41 bits per heavy atom. The van der Waals surface area contributed by atoms with E-state index in [1.54, 1.807) is 12.1 Å². The number of carbonyl (C=O) groups is 1. The van der Waals surface area contributed by atoms with Gasteiger partial charge < -0.3 is 5.32 Å². The first-order valence-electron chi connectivity index (χ1n) is 7.71. The van der Waals surface area contributed by atoms with Gasteiger partial charge in [0.25, 0.3) is 5.69 Å². The zero-order chi connectivity index (χ0) is 16.5. The number of benzene rings is 1. The lowest BCUT2D eigenvalue weighted by molar-refractivity contribution is -0.384. The summed E-state index contributed by atoms with van der Waals surface area (Å²) < 4.78 is 0. The first-order chi connectivity index (χ1) is 10.5. The number of amides is 1. The molecule has 0 aliphatic heterocycles. The van der Waals surface area contributed by atoms with Crippen LogP contribution in [0.1, 0.15) is 39.2 Å². The number of non-ortho nitro benzene ring substituents is 1. The topological polar surface area (TPSA) is 75.5 Å². The highest BCUT2D eigenvalue weighted by atomic mass is 16.6. The molecule has 1 aromatic carbocycles. The summed E-state index contributed by atoms with van der Waals surface area (Å²) in [6, 6.07) is 6.71. The summed E-state index contributed by atoms with van der Waals surface area (Å²) in [5.41, 5.74) is 0.917. The van der Waals surface area contributed by atoms with Gasteiger partial charge in [-0.2, -0.15) is 0 Å². The van der Waals surface area contributed by atoms with E-state index in [0.717, 1.165) is 18.4 Å². The van der Waals surface area contributed by atoms with E-state index in [-0.39, 0.29) is 17.6 Å². The first-order valence-corrected chi connectivity index (χ1v) is 7.71. The molecule has 0 fully saturated rings. The number of nitrogens with one attached hydrogen (secondary N) is 1. The van der Waals surface area contributed by atoms with Gasteiger partial charge in [0.05, 0.1) is 11.5 Å². The van der Waals surface area contributed by atoms with Gasteiger partial charge in [-0.3, -0.25) is 19.8 Å². The van der Waals surface area contributed by atoms with E-state index in [0.29, 0.717) is 19.6 Å². The van der Waals surface area contributed by atoms with E-state index in [9.17, 15) is 14.9 Å². The van der Waals surface area contributed by atoms with Crippen molar-refractivity contribution in [3.05, 3.63) is 39.9 Å². The molecule has 122 valence electrons. The minimum atomic E-state index is -0.404. The maximum absolute atomic E-state index is 12.0. The van der Waals surface area contributed by atoms with E-state index in [2.05, 4.69) is 12.2 Å². The second-order valence-electron chi connectivity index (χ2n) is 5.49. The molecule has 0 saturated heterocycles. The fraction of sp³-hybridized carbons (Fsp3) is 0.562. The van der Waals surface area contributed by atoms with Gasteiger partial charge in [0.2, 0.25) is 5.91 Å². The summed E-state index contributed by atoms with van der Waals surface area (Å²) in [6.07, 6.45) is 2.00. The largest absolute Gasteiger partial charge is 0.353 e. The Labute approximate surface area is 131 Å². The number of nitro groups is 1. The smallest absolute Gasteiger partial charge is 0.269 e. The molecule has 6 heteroatoms. The molecule has 0 aliphatic rings. The van der Waals surface area contributed by atoms with Gasteiger partial charge in [-0.25, -0.2) is 0 Å². The molecule has 1 N–H and O–H groups in total. The van der Waals surface area contributed by atoms with E-state index in [4.69, 9.17) is 0 Å². The van der Waals surface area contributed by atoms with Crippen molar-refractivity contribution in [1.29, 1.82) is 0 Å². The van der Waals surface area contributed by atoms with E-state index in [1.165, 1.54) is 6.07 Å². The van der Waals surface area contributed by atoms with Crippen LogP contribution in [0, 0.1) is 10.1 Å². The molecule has 1 atom stereocenters. The van der Waals surface area contributed by atoms with E-state index >= 15 is 0 Å². The first kappa shape index (κ1) is 18.1. The summed E-state index contributed by atoms with van der Waals surface area (Å²) >= 11 is 0. The van der Waals surface area contributed by atoms with Gasteiger partial charge in [-0.1, -0.05) is 32.4 Å². The Bertz CT molecular complexity index is 505. The van der Waals surface area contributed by atoms with E-state index in [1.807, 2.05) is 24.8 Å². The molecule has 1 amide bonds. The highest BCUT2D eigenvalue weighted by Crippen LogP contribution is 2.14. The van der Waals surface area contributed by atoms with Gasteiger partial charge in [0, 0.05) is 24.7 Å². The van der Waals surface area contributed by atoms with Gasteiger partial charge in [-0.15, -0.1) is 0 Å². The maximum atomic E-state index is 12.0. The Kier molecular flexibility index (Phi) is 7.52. The van der Waals surface area contributed by atoms with Crippen LogP contribution in [0.2, 0.25) is 0 Å². The second kappa shape index (κ2) is 9.15. The summed E-state index contributed by atoms with van der Waals surface area (Å²) in [4.78, 5) is 24.4. The Morgan fingerprint density at radius 2 is 2.14 bits per heavy atom. The molecule has 6 nitrogen and oxygen atoms in total. The van der Waals surface area contributed by atoms with Gasteiger partial charge in [-0.05, 0) is 25.5 Å². The quantitative estimate of drug-likeness (QED) is 0.562. The molecule has 22 heavy (non-hydrogen) atoms. The van der Waals surface area contributed by atoms with Crippen molar-refractivity contribution in [3.8, 4) is 0 Å². The molecule has 0 aliphatic carbocycles. The van der Waals surface area contributed by atoms with E-state index < -0.39 is 4.92 Å². The lowest BCUT2D eigenvalue weighted by Crippen LogP contribution is -2.40. The average Bonchev–Trinajstić information content (AvgIpc) is 2.46. The summed E-state index contributed by atoms with van der Waals surface area (Å²) in [7, 11) is 0. The van der Waals surface area contributed by atoms with Crippen LogP contribution in [0.3, 0.4) is 0 Å². The van der Waals surface area contributed by atoms with Crippen molar-refractivity contribution >= 4 is 11.6 Å². The van der Waals surface area contributed by atoms with Crippen LogP contribution >= 0.6 is 0 Å². The van der Waals surface area contributed by atoms with Gasteiger partial charge >= 0.3 is 0 Å². The predicted octanol–water partition coefficient (Wildman–Crippen LogP) is 2.72. The van der Waals surface area contributed by atoms with Gasteiger partial charge in [0.1, 0.15) is 0 Å². The third kappa shape index (κ3) is 6.22. The fourth-order valence-electron chi connectivity index (χ4n) is 2.33. The Balaban J connectivity index is 2.59. The number of hydrogen-bond acceptors (Lipinski definition) is 4. The summed E-state index contributed by atoms with van der Waals surface area (Å²) in [5, 5.41) is 13.8. The highest BCUT2D eigenvalue weighted by Gasteiger charge is 2.13. The molecule has 0 unspecified atom stereocenters. The average molecular weight is 307 g/mol. The van der Waals surface area contributed by atoms with Crippen molar-refractivity contribution < 1.29 is 9.72 Å². The SMILES string of the molecule is CCC[C@H](C)NC(=O)CN(CC)Cc1cccc([N+](=O)[O-])c1. The molecule has 1 rings (SSSR count). The highest BCUT2D eigenvalue weighted by molar-refractivity contribution is 5.78. The van der Waals surface area contributed by atoms with Crippen molar-refractivity contribution in [1.82, 2.24) is 10.2 Å². The number of likely N-dealkylation sites (N-methyl/N-ethyl adjacent to an activating group) is 1. The second-order valence-corrected chi connectivity index (χ2v) is 5.49. The van der Waals surface area contributed by atoms with Crippen LogP contribution in [0.5, 0.6) is 0 Å². The molecule has 0 aromatic heterocycles. The summed E-state index contributed by atoms with van der Waals surface area (Å²) in [6.45, 7) is 7.58. The van der Waals surface area contributed by atoms with Crippen LogP contribution in [0.4, 0.5) is 5.69 Å². The molecule has 0 heterocycles. The molecule has 1 aromatic rings. The van der Waals surface area contributed by atoms with Crippen molar-refractivity contribution in [3.63, 3.8) is 0 Å². The normalized spacial score (nSPS) is 12.2. The number of nitro benzene ring substituents is 1. The van der Waals surface area contributed by atoms with Crippen molar-refractivity contribution in [2.75, 3.05) is 13.1 Å². The lowest BCUT2D eigenvalue weighted by atomic mass is 10.2. The minimum absolute atomic E-state index is 0.00627. The number of rotatable bonds is 9. The minimum Gasteiger partial charge on any atom is -0.353 e. The van der Waals surface area contributed by atoms with Crippen LogP contribution < -0.4 is 5.32 Å². The van der Waals surface area contributed by atoms with Crippen LogP contribution in [0.15, 0.2) is 24.3 Å². The van der Waals surface area contributed by atoms with Crippen molar-refractivity contribution in [2.24, 2.45) is 0 Å². The molecular formula is C16H25N3O3.